The number of pyridine rings is 1. The molecule has 0 bridgehead atoms. The van der Waals surface area contributed by atoms with E-state index in [0.29, 0.717) is 18.4 Å². The predicted molar refractivity (Wildman–Crippen MR) is 118 cm³/mol. The van der Waals surface area contributed by atoms with Gasteiger partial charge in [-0.15, -0.1) is 0 Å². The van der Waals surface area contributed by atoms with E-state index in [1.54, 1.807) is 0 Å². The number of nitrogens with zero attached hydrogens (tertiary/aromatic N) is 2. The molecule has 0 unspecified atom stereocenters. The molecule has 1 aliphatic rings. The fourth-order valence-corrected chi connectivity index (χ4v) is 3.95. The highest BCUT2D eigenvalue weighted by molar-refractivity contribution is 6.03. The summed E-state index contributed by atoms with van der Waals surface area (Å²) in [5.41, 5.74) is 3.84. The normalized spacial score (nSPS) is 15.8. The van der Waals surface area contributed by atoms with Crippen molar-refractivity contribution in [1.82, 2.24) is 9.99 Å². The molecule has 0 fully saturated rings. The monoisotopic (exact) mass is 417 g/mol. The van der Waals surface area contributed by atoms with Gasteiger partial charge in [0.1, 0.15) is 0 Å². The molecular formula is C24H23N3O4. The third-order valence-electron chi connectivity index (χ3n) is 5.54. The maximum Gasteiger partial charge on any atom is 0.303 e. The maximum atomic E-state index is 12.7. The van der Waals surface area contributed by atoms with Gasteiger partial charge < -0.3 is 10.1 Å². The Morgan fingerprint density at radius 2 is 1.90 bits per heavy atom. The molecule has 2 N–H and O–H groups in total. The first-order chi connectivity index (χ1) is 14.9. The van der Waals surface area contributed by atoms with E-state index in [0.717, 1.165) is 27.7 Å². The summed E-state index contributed by atoms with van der Waals surface area (Å²) in [5, 5.41) is 15.8. The summed E-state index contributed by atoms with van der Waals surface area (Å²) in [7, 11) is 0. The zero-order valence-corrected chi connectivity index (χ0v) is 17.2. The molecule has 4 rings (SSSR count). The summed E-state index contributed by atoms with van der Waals surface area (Å²) >= 11 is 0. The first-order valence-electron chi connectivity index (χ1n) is 10.2. The third-order valence-corrected chi connectivity index (χ3v) is 5.54. The zero-order chi connectivity index (χ0) is 22.0. The second kappa shape index (κ2) is 8.55. The zero-order valence-electron chi connectivity index (χ0n) is 17.2. The Balaban J connectivity index is 1.64. The van der Waals surface area contributed by atoms with E-state index in [9.17, 15) is 14.4 Å². The number of carboxylic acids is 1. The Hall–Kier alpha value is -3.74. The molecule has 1 aromatic heterocycles. The molecule has 31 heavy (non-hydrogen) atoms. The number of aromatic amines is 1. The Kier molecular flexibility index (Phi) is 5.66. The lowest BCUT2D eigenvalue weighted by Crippen LogP contribution is -2.35. The minimum absolute atomic E-state index is 0.134. The van der Waals surface area contributed by atoms with Crippen molar-refractivity contribution in [2.75, 3.05) is 0 Å². The molecule has 1 amide bonds. The van der Waals surface area contributed by atoms with E-state index in [2.05, 4.69) is 10.1 Å². The quantitative estimate of drug-likeness (QED) is 0.643. The first-order valence-corrected chi connectivity index (χ1v) is 10.2. The molecule has 1 aliphatic heterocycles. The predicted octanol–water partition coefficient (Wildman–Crippen LogP) is 3.25. The van der Waals surface area contributed by atoms with Crippen molar-refractivity contribution < 1.29 is 14.7 Å². The number of benzene rings is 2. The Bertz CT molecular complexity index is 1230. The van der Waals surface area contributed by atoms with Gasteiger partial charge in [-0.25, -0.2) is 5.01 Å². The fraction of sp³-hybridized carbons (Fsp3) is 0.250. The van der Waals surface area contributed by atoms with Gasteiger partial charge in [0.05, 0.1) is 23.7 Å². The van der Waals surface area contributed by atoms with Crippen molar-refractivity contribution in [3.8, 4) is 0 Å². The number of hydrazone groups is 1. The van der Waals surface area contributed by atoms with Crippen LogP contribution in [0.5, 0.6) is 0 Å². The number of aryl methyl sites for hydroxylation is 1. The highest BCUT2D eigenvalue weighted by Crippen LogP contribution is 2.25. The number of rotatable bonds is 6. The van der Waals surface area contributed by atoms with E-state index < -0.39 is 5.97 Å². The van der Waals surface area contributed by atoms with Crippen molar-refractivity contribution >= 4 is 28.5 Å². The van der Waals surface area contributed by atoms with Crippen LogP contribution in [0.15, 0.2) is 64.5 Å². The van der Waals surface area contributed by atoms with E-state index in [-0.39, 0.29) is 30.3 Å². The van der Waals surface area contributed by atoms with Gasteiger partial charge in [0.2, 0.25) is 5.91 Å². The number of aliphatic carboxylic acids is 1. The number of carbonyl (C=O) groups excluding carboxylic acids is 1. The van der Waals surface area contributed by atoms with Crippen LogP contribution in [0.25, 0.3) is 10.9 Å². The Morgan fingerprint density at radius 1 is 1.13 bits per heavy atom. The Labute approximate surface area is 179 Å². The highest BCUT2D eigenvalue weighted by Gasteiger charge is 2.32. The first kappa shape index (κ1) is 20.5. The molecule has 2 aromatic carbocycles. The molecule has 0 radical (unpaired) electrons. The topological polar surface area (TPSA) is 103 Å². The van der Waals surface area contributed by atoms with Crippen LogP contribution in [0, 0.1) is 6.92 Å². The molecule has 7 nitrogen and oxygen atoms in total. The molecular weight excluding hydrogens is 394 g/mol. The van der Waals surface area contributed by atoms with Crippen molar-refractivity contribution in [3.05, 3.63) is 81.6 Å². The molecule has 1 atom stereocenters. The summed E-state index contributed by atoms with van der Waals surface area (Å²) in [5.74, 6) is -1.39. The summed E-state index contributed by atoms with van der Waals surface area (Å²) < 4.78 is 0. The van der Waals surface area contributed by atoms with E-state index in [4.69, 9.17) is 5.11 Å². The van der Waals surface area contributed by atoms with Crippen LogP contribution < -0.4 is 5.56 Å². The smallest absolute Gasteiger partial charge is 0.303 e. The molecule has 0 spiro atoms. The van der Waals surface area contributed by atoms with Gasteiger partial charge in [0.15, 0.2) is 0 Å². The number of hydrogen-bond acceptors (Lipinski definition) is 4. The molecule has 0 saturated carbocycles. The second-order valence-electron chi connectivity index (χ2n) is 7.77. The highest BCUT2D eigenvalue weighted by atomic mass is 16.4. The summed E-state index contributed by atoms with van der Waals surface area (Å²) in [6.07, 6.45) is 0.435. The van der Waals surface area contributed by atoms with Crippen LogP contribution in [-0.4, -0.2) is 38.7 Å². The maximum absolute atomic E-state index is 12.7. The van der Waals surface area contributed by atoms with Gasteiger partial charge in [-0.05, 0) is 29.5 Å². The van der Waals surface area contributed by atoms with Gasteiger partial charge in [-0.1, -0.05) is 48.5 Å². The Morgan fingerprint density at radius 3 is 2.65 bits per heavy atom. The lowest BCUT2D eigenvalue weighted by molar-refractivity contribution is -0.141. The van der Waals surface area contributed by atoms with Crippen molar-refractivity contribution in [2.45, 2.75) is 38.6 Å². The van der Waals surface area contributed by atoms with Crippen LogP contribution in [0.4, 0.5) is 0 Å². The van der Waals surface area contributed by atoms with Gasteiger partial charge >= 0.3 is 5.97 Å². The molecule has 0 saturated heterocycles. The molecule has 2 heterocycles. The lowest BCUT2D eigenvalue weighted by Gasteiger charge is -2.21. The molecule has 158 valence electrons. The number of amides is 1. The molecule has 7 heteroatoms. The largest absolute Gasteiger partial charge is 0.481 e. The number of carboxylic acid groups (broad SMARTS) is 1. The minimum Gasteiger partial charge on any atom is -0.481 e. The van der Waals surface area contributed by atoms with Gasteiger partial charge in [0.25, 0.3) is 5.56 Å². The van der Waals surface area contributed by atoms with Crippen molar-refractivity contribution in [3.63, 3.8) is 0 Å². The minimum atomic E-state index is -1.03. The van der Waals surface area contributed by atoms with Crippen LogP contribution in [0.3, 0.4) is 0 Å². The summed E-state index contributed by atoms with van der Waals surface area (Å²) in [6.45, 7) is 1.94. The number of H-pyrrole nitrogens is 1. The van der Waals surface area contributed by atoms with E-state index >= 15 is 0 Å². The van der Waals surface area contributed by atoms with Crippen molar-refractivity contribution in [2.24, 2.45) is 5.10 Å². The van der Waals surface area contributed by atoms with E-state index in [1.807, 2.05) is 61.5 Å². The van der Waals surface area contributed by atoms with Crippen molar-refractivity contribution in [1.29, 1.82) is 0 Å². The molecule has 3 aromatic rings. The van der Waals surface area contributed by atoms with Crippen LogP contribution in [-0.2, 0) is 16.0 Å². The number of fused-ring (bicyclic) bond motifs is 1. The number of aromatic nitrogens is 1. The standard InChI is InChI=1S/C24H23N3O4/c1-15-6-5-9-17-12-18(24(31)25-23(15)17)13-19-14-20(16-7-3-2-4-8-16)26-27(19)21(28)10-11-22(29)30/h2-9,12,19H,10-11,13-14H2,1H3,(H,25,31)(H,29,30)/t19-/m0/s1. The third kappa shape index (κ3) is 4.40. The fourth-order valence-electron chi connectivity index (χ4n) is 3.95. The SMILES string of the molecule is Cc1cccc2cc(C[C@H]3CC(c4ccccc4)=NN3C(=O)CCC(=O)O)c(=O)[nH]c12. The van der Waals surface area contributed by atoms with Crippen LogP contribution >= 0.6 is 0 Å². The van der Waals surface area contributed by atoms with Gasteiger partial charge in [0, 0.05) is 24.8 Å². The summed E-state index contributed by atoms with van der Waals surface area (Å²) in [6, 6.07) is 16.9. The van der Waals surface area contributed by atoms with Crippen LogP contribution in [0.1, 0.15) is 36.0 Å². The number of nitrogens with one attached hydrogen (secondary N) is 1. The van der Waals surface area contributed by atoms with Crippen LogP contribution in [0.2, 0.25) is 0 Å². The summed E-state index contributed by atoms with van der Waals surface area (Å²) in [4.78, 5) is 39.4. The average molecular weight is 417 g/mol. The lowest BCUT2D eigenvalue weighted by atomic mass is 9.98. The number of carbonyl (C=O) groups is 2. The average Bonchev–Trinajstić information content (AvgIpc) is 3.18. The number of para-hydroxylation sites is 1. The molecule has 0 aliphatic carbocycles. The number of hydrogen-bond donors (Lipinski definition) is 2. The van der Waals surface area contributed by atoms with Gasteiger partial charge in [-0.2, -0.15) is 5.10 Å². The van der Waals surface area contributed by atoms with Gasteiger partial charge in [-0.3, -0.25) is 14.4 Å². The van der Waals surface area contributed by atoms with E-state index in [1.165, 1.54) is 5.01 Å². The second-order valence-corrected chi connectivity index (χ2v) is 7.77.